The number of aromatic amines is 1. The third-order valence-electron chi connectivity index (χ3n) is 3.14. The fourth-order valence-electron chi connectivity index (χ4n) is 2.18. The standard InChI is InChI=1S/C16H14ClNO2S/c1-2-20-16(19)14-9-15-13(18-14)8-12(21-15)7-10-3-5-11(17)6-4-10/h3-6,8-9,18H,2,7H2,1H3. The number of hydrogen-bond acceptors (Lipinski definition) is 3. The van der Waals surface area contributed by atoms with Gasteiger partial charge in [-0.25, -0.2) is 4.79 Å². The SMILES string of the molecule is CCOC(=O)c1cc2sc(Cc3ccc(Cl)cc3)cc2[nH]1. The molecule has 2 heterocycles. The van der Waals surface area contributed by atoms with Crippen molar-refractivity contribution in [2.45, 2.75) is 13.3 Å². The average molecular weight is 320 g/mol. The Morgan fingerprint density at radius 1 is 1.29 bits per heavy atom. The molecule has 5 heteroatoms. The van der Waals surface area contributed by atoms with Gasteiger partial charge in [0.15, 0.2) is 0 Å². The van der Waals surface area contributed by atoms with Crippen LogP contribution in [-0.2, 0) is 11.2 Å². The molecule has 3 aromatic rings. The van der Waals surface area contributed by atoms with Crippen LogP contribution in [0.15, 0.2) is 36.4 Å². The third-order valence-corrected chi connectivity index (χ3v) is 4.48. The molecule has 0 saturated carbocycles. The number of halogens is 1. The summed E-state index contributed by atoms with van der Waals surface area (Å²) in [4.78, 5) is 16.0. The Balaban J connectivity index is 1.80. The summed E-state index contributed by atoms with van der Waals surface area (Å²) in [6.45, 7) is 2.18. The molecule has 0 radical (unpaired) electrons. The van der Waals surface area contributed by atoms with Crippen molar-refractivity contribution in [1.82, 2.24) is 4.98 Å². The smallest absolute Gasteiger partial charge is 0.354 e. The van der Waals surface area contributed by atoms with E-state index < -0.39 is 0 Å². The van der Waals surface area contributed by atoms with E-state index in [1.54, 1.807) is 18.3 Å². The van der Waals surface area contributed by atoms with Gasteiger partial charge in [0.25, 0.3) is 0 Å². The molecule has 3 rings (SSSR count). The van der Waals surface area contributed by atoms with Gasteiger partial charge in [-0.15, -0.1) is 11.3 Å². The number of hydrogen-bond donors (Lipinski definition) is 1. The number of benzene rings is 1. The highest BCUT2D eigenvalue weighted by molar-refractivity contribution is 7.19. The van der Waals surface area contributed by atoms with E-state index in [0.29, 0.717) is 12.3 Å². The molecule has 1 N–H and O–H groups in total. The molecule has 0 unspecified atom stereocenters. The molecule has 0 aliphatic heterocycles. The number of carbonyl (C=O) groups excluding carboxylic acids is 1. The van der Waals surface area contributed by atoms with E-state index in [2.05, 4.69) is 11.1 Å². The minimum Gasteiger partial charge on any atom is -0.461 e. The predicted octanol–water partition coefficient (Wildman–Crippen LogP) is 4.65. The van der Waals surface area contributed by atoms with Gasteiger partial charge in [0.1, 0.15) is 5.69 Å². The van der Waals surface area contributed by atoms with Gasteiger partial charge in [-0.2, -0.15) is 0 Å². The minimum absolute atomic E-state index is 0.305. The summed E-state index contributed by atoms with van der Waals surface area (Å²) < 4.78 is 6.06. The summed E-state index contributed by atoms with van der Waals surface area (Å²) in [5, 5.41) is 0.746. The van der Waals surface area contributed by atoms with Crippen LogP contribution in [0.2, 0.25) is 5.02 Å². The van der Waals surface area contributed by atoms with E-state index in [0.717, 1.165) is 21.7 Å². The van der Waals surface area contributed by atoms with Crippen molar-refractivity contribution in [3.8, 4) is 0 Å². The van der Waals surface area contributed by atoms with Crippen molar-refractivity contribution in [3.63, 3.8) is 0 Å². The Hall–Kier alpha value is -1.78. The molecule has 108 valence electrons. The van der Waals surface area contributed by atoms with Crippen LogP contribution in [-0.4, -0.2) is 17.6 Å². The largest absolute Gasteiger partial charge is 0.461 e. The maximum absolute atomic E-state index is 11.7. The minimum atomic E-state index is -0.305. The predicted molar refractivity (Wildman–Crippen MR) is 86.4 cm³/mol. The van der Waals surface area contributed by atoms with E-state index in [1.165, 1.54) is 10.4 Å². The fraction of sp³-hybridized carbons (Fsp3) is 0.188. The first-order valence-electron chi connectivity index (χ1n) is 6.68. The third kappa shape index (κ3) is 3.12. The number of ether oxygens (including phenoxy) is 1. The van der Waals surface area contributed by atoms with Crippen LogP contribution >= 0.6 is 22.9 Å². The molecule has 0 aliphatic carbocycles. The normalized spacial score (nSPS) is 11.0. The van der Waals surface area contributed by atoms with E-state index in [-0.39, 0.29) is 5.97 Å². The van der Waals surface area contributed by atoms with Gasteiger partial charge in [-0.3, -0.25) is 0 Å². The van der Waals surface area contributed by atoms with Crippen LogP contribution in [0.25, 0.3) is 10.2 Å². The lowest BCUT2D eigenvalue weighted by Crippen LogP contribution is -2.04. The highest BCUT2D eigenvalue weighted by atomic mass is 35.5. The van der Waals surface area contributed by atoms with Crippen molar-refractivity contribution >= 4 is 39.1 Å². The summed E-state index contributed by atoms with van der Waals surface area (Å²) in [5.74, 6) is -0.305. The highest BCUT2D eigenvalue weighted by Gasteiger charge is 2.12. The second-order valence-electron chi connectivity index (χ2n) is 4.70. The summed E-state index contributed by atoms with van der Waals surface area (Å²) in [7, 11) is 0. The van der Waals surface area contributed by atoms with Crippen molar-refractivity contribution in [1.29, 1.82) is 0 Å². The number of esters is 1. The molecule has 0 aliphatic rings. The van der Waals surface area contributed by atoms with E-state index in [4.69, 9.17) is 16.3 Å². The quantitative estimate of drug-likeness (QED) is 0.711. The Morgan fingerprint density at radius 3 is 2.71 bits per heavy atom. The highest BCUT2D eigenvalue weighted by Crippen LogP contribution is 2.28. The van der Waals surface area contributed by atoms with Crippen molar-refractivity contribution < 1.29 is 9.53 Å². The van der Waals surface area contributed by atoms with Gasteiger partial charge in [0, 0.05) is 16.3 Å². The number of thiophene rings is 1. The second kappa shape index (κ2) is 5.92. The Kier molecular flexibility index (Phi) is 3.99. The molecule has 0 amide bonds. The lowest BCUT2D eigenvalue weighted by Gasteiger charge is -1.99. The summed E-state index contributed by atoms with van der Waals surface area (Å²) in [5.41, 5.74) is 2.71. The van der Waals surface area contributed by atoms with Crippen molar-refractivity contribution in [3.05, 3.63) is 57.6 Å². The first-order valence-corrected chi connectivity index (χ1v) is 7.88. The molecule has 0 bridgehead atoms. The van der Waals surface area contributed by atoms with Crippen LogP contribution in [0.5, 0.6) is 0 Å². The number of nitrogens with one attached hydrogen (secondary N) is 1. The summed E-state index contributed by atoms with van der Waals surface area (Å²) in [6.07, 6.45) is 0.860. The van der Waals surface area contributed by atoms with Crippen LogP contribution in [0.1, 0.15) is 27.9 Å². The molecule has 0 spiro atoms. The van der Waals surface area contributed by atoms with Gasteiger partial charge in [-0.05, 0) is 36.8 Å². The number of carbonyl (C=O) groups is 1. The van der Waals surface area contributed by atoms with Crippen LogP contribution < -0.4 is 0 Å². The zero-order valence-electron chi connectivity index (χ0n) is 11.5. The molecule has 21 heavy (non-hydrogen) atoms. The molecule has 1 aromatic carbocycles. The Labute approximate surface area is 131 Å². The summed E-state index contributed by atoms with van der Waals surface area (Å²) in [6, 6.07) is 11.8. The number of aromatic nitrogens is 1. The van der Waals surface area contributed by atoms with Crippen molar-refractivity contribution in [2.24, 2.45) is 0 Å². The maximum atomic E-state index is 11.7. The van der Waals surface area contributed by atoms with Crippen molar-refractivity contribution in [2.75, 3.05) is 6.61 Å². The van der Waals surface area contributed by atoms with Gasteiger partial charge >= 0.3 is 5.97 Å². The molecule has 0 atom stereocenters. The molecular formula is C16H14ClNO2S. The topological polar surface area (TPSA) is 42.1 Å². The van der Waals surface area contributed by atoms with E-state index in [1.807, 2.05) is 30.3 Å². The number of rotatable bonds is 4. The molecule has 3 nitrogen and oxygen atoms in total. The first kappa shape index (κ1) is 14.2. The Morgan fingerprint density at radius 2 is 2.05 bits per heavy atom. The van der Waals surface area contributed by atoms with Gasteiger partial charge in [0.2, 0.25) is 0 Å². The average Bonchev–Trinajstić information content (AvgIpc) is 3.00. The molecule has 0 fully saturated rings. The van der Waals surface area contributed by atoms with Gasteiger partial charge in [0.05, 0.1) is 16.8 Å². The molecular weight excluding hydrogens is 306 g/mol. The monoisotopic (exact) mass is 319 g/mol. The molecule has 0 saturated heterocycles. The van der Waals surface area contributed by atoms with Crippen LogP contribution in [0.3, 0.4) is 0 Å². The maximum Gasteiger partial charge on any atom is 0.354 e. The second-order valence-corrected chi connectivity index (χ2v) is 6.30. The number of H-pyrrole nitrogens is 1. The molecule has 2 aromatic heterocycles. The van der Waals surface area contributed by atoms with Crippen LogP contribution in [0, 0.1) is 0 Å². The van der Waals surface area contributed by atoms with E-state index >= 15 is 0 Å². The van der Waals surface area contributed by atoms with Gasteiger partial charge < -0.3 is 9.72 Å². The zero-order chi connectivity index (χ0) is 14.8. The van der Waals surface area contributed by atoms with E-state index in [9.17, 15) is 4.79 Å². The van der Waals surface area contributed by atoms with Crippen LogP contribution in [0.4, 0.5) is 0 Å². The fourth-order valence-corrected chi connectivity index (χ4v) is 3.41. The lowest BCUT2D eigenvalue weighted by atomic mass is 10.1. The number of fused-ring (bicyclic) bond motifs is 1. The summed E-state index contributed by atoms with van der Waals surface area (Å²) >= 11 is 7.57. The van der Waals surface area contributed by atoms with Gasteiger partial charge in [-0.1, -0.05) is 23.7 Å². The lowest BCUT2D eigenvalue weighted by molar-refractivity contribution is 0.0520. The first-order chi connectivity index (χ1) is 10.2. The zero-order valence-corrected chi connectivity index (χ0v) is 13.1. The Bertz CT molecular complexity index is 742.